The van der Waals surface area contributed by atoms with Gasteiger partial charge in [-0.15, -0.1) is 10.2 Å². The van der Waals surface area contributed by atoms with Crippen molar-refractivity contribution in [1.29, 1.82) is 0 Å². The van der Waals surface area contributed by atoms with Crippen molar-refractivity contribution in [3.05, 3.63) is 5.01 Å². The highest BCUT2D eigenvalue weighted by molar-refractivity contribution is 7.15. The van der Waals surface area contributed by atoms with Gasteiger partial charge >= 0.3 is 0 Å². The smallest absolute Gasteiger partial charge is 0.203 e. The van der Waals surface area contributed by atoms with Gasteiger partial charge in [0, 0.05) is 6.61 Å². The SMILES string of the molecule is Nc1nnc(COCC2CCCCC2)s1. The normalized spacial score (nSPS) is 18.1. The molecule has 1 saturated carbocycles. The molecule has 1 aromatic heterocycles. The van der Waals surface area contributed by atoms with E-state index < -0.39 is 0 Å². The summed E-state index contributed by atoms with van der Waals surface area (Å²) in [5.74, 6) is 0.754. The van der Waals surface area contributed by atoms with Gasteiger partial charge in [-0.3, -0.25) is 0 Å². The topological polar surface area (TPSA) is 61.0 Å². The third kappa shape index (κ3) is 3.43. The summed E-state index contributed by atoms with van der Waals surface area (Å²) in [6.07, 6.45) is 6.75. The lowest BCUT2D eigenvalue weighted by molar-refractivity contribution is 0.0735. The lowest BCUT2D eigenvalue weighted by Crippen LogP contribution is -2.13. The molecular formula is C10H17N3OS. The average Bonchev–Trinajstić information content (AvgIpc) is 2.66. The van der Waals surface area contributed by atoms with E-state index in [1.54, 1.807) is 0 Å². The van der Waals surface area contributed by atoms with Crippen LogP contribution >= 0.6 is 11.3 Å². The minimum absolute atomic E-state index is 0.520. The molecule has 4 nitrogen and oxygen atoms in total. The average molecular weight is 227 g/mol. The fourth-order valence-electron chi connectivity index (χ4n) is 1.99. The first-order chi connectivity index (χ1) is 7.34. The number of hydrogen-bond acceptors (Lipinski definition) is 5. The summed E-state index contributed by atoms with van der Waals surface area (Å²) in [4.78, 5) is 0. The van der Waals surface area contributed by atoms with E-state index in [0.717, 1.165) is 17.5 Å². The predicted molar refractivity (Wildman–Crippen MR) is 60.6 cm³/mol. The van der Waals surface area contributed by atoms with E-state index in [2.05, 4.69) is 10.2 Å². The number of hydrogen-bond donors (Lipinski definition) is 1. The minimum Gasteiger partial charge on any atom is -0.374 e. The Labute approximate surface area is 93.8 Å². The molecule has 1 aliphatic carbocycles. The van der Waals surface area contributed by atoms with Crippen molar-refractivity contribution in [2.75, 3.05) is 12.3 Å². The van der Waals surface area contributed by atoms with Gasteiger partial charge in [0.25, 0.3) is 0 Å². The van der Waals surface area contributed by atoms with Crippen LogP contribution in [0.1, 0.15) is 37.1 Å². The van der Waals surface area contributed by atoms with Crippen molar-refractivity contribution in [3.8, 4) is 0 Å². The molecule has 1 aromatic rings. The number of ether oxygens (including phenoxy) is 1. The summed E-state index contributed by atoms with van der Waals surface area (Å²) in [6, 6.07) is 0. The van der Waals surface area contributed by atoms with E-state index in [0.29, 0.717) is 11.7 Å². The summed E-state index contributed by atoms with van der Waals surface area (Å²) in [5.41, 5.74) is 5.48. The first-order valence-electron chi connectivity index (χ1n) is 5.50. The molecule has 15 heavy (non-hydrogen) atoms. The van der Waals surface area contributed by atoms with Gasteiger partial charge in [-0.25, -0.2) is 0 Å². The van der Waals surface area contributed by atoms with Gasteiger partial charge in [0.2, 0.25) is 5.13 Å². The van der Waals surface area contributed by atoms with Gasteiger partial charge in [0.1, 0.15) is 11.6 Å². The molecule has 84 valence electrons. The Hall–Kier alpha value is -0.680. The van der Waals surface area contributed by atoms with Crippen molar-refractivity contribution in [2.45, 2.75) is 38.7 Å². The highest BCUT2D eigenvalue weighted by Gasteiger charge is 2.13. The van der Waals surface area contributed by atoms with Crippen LogP contribution in [0.4, 0.5) is 5.13 Å². The number of anilines is 1. The monoisotopic (exact) mass is 227 g/mol. The zero-order valence-corrected chi connectivity index (χ0v) is 9.63. The van der Waals surface area contributed by atoms with Crippen LogP contribution in [0.25, 0.3) is 0 Å². The maximum atomic E-state index is 5.62. The second kappa shape index (κ2) is 5.42. The van der Waals surface area contributed by atoms with Crippen LogP contribution in [-0.2, 0) is 11.3 Å². The maximum absolute atomic E-state index is 5.62. The van der Waals surface area contributed by atoms with E-state index >= 15 is 0 Å². The predicted octanol–water partition coefficient (Wildman–Crippen LogP) is 2.22. The highest BCUT2D eigenvalue weighted by Crippen LogP contribution is 2.24. The Morgan fingerprint density at radius 1 is 1.27 bits per heavy atom. The number of nitrogens with zero attached hydrogens (tertiary/aromatic N) is 2. The van der Waals surface area contributed by atoms with Crippen molar-refractivity contribution in [3.63, 3.8) is 0 Å². The van der Waals surface area contributed by atoms with Crippen LogP contribution < -0.4 is 5.73 Å². The standard InChI is InChI=1S/C10H17N3OS/c11-10-13-12-9(15-10)7-14-6-8-4-2-1-3-5-8/h8H,1-7H2,(H2,11,13). The molecule has 0 bridgehead atoms. The summed E-state index contributed by atoms with van der Waals surface area (Å²) >= 11 is 1.40. The van der Waals surface area contributed by atoms with Gasteiger partial charge in [0.05, 0.1) is 0 Å². The Morgan fingerprint density at radius 2 is 2.07 bits per heavy atom. The van der Waals surface area contributed by atoms with Crippen molar-refractivity contribution >= 4 is 16.5 Å². The van der Waals surface area contributed by atoms with E-state index in [-0.39, 0.29) is 0 Å². The van der Waals surface area contributed by atoms with E-state index in [4.69, 9.17) is 10.5 Å². The largest absolute Gasteiger partial charge is 0.374 e. The fraction of sp³-hybridized carbons (Fsp3) is 0.800. The number of nitrogen functional groups attached to an aromatic ring is 1. The molecule has 0 aliphatic heterocycles. The van der Waals surface area contributed by atoms with Crippen LogP contribution in [-0.4, -0.2) is 16.8 Å². The molecule has 0 saturated heterocycles. The highest BCUT2D eigenvalue weighted by atomic mass is 32.1. The summed E-state index contributed by atoms with van der Waals surface area (Å²) in [5, 5.41) is 9.06. The Bertz CT molecular complexity index is 297. The summed E-state index contributed by atoms with van der Waals surface area (Å²) in [7, 11) is 0. The fourth-order valence-corrected chi connectivity index (χ4v) is 2.54. The van der Waals surface area contributed by atoms with Crippen LogP contribution in [0.2, 0.25) is 0 Å². The molecular weight excluding hydrogens is 210 g/mol. The van der Waals surface area contributed by atoms with E-state index in [1.165, 1.54) is 43.4 Å². The van der Waals surface area contributed by atoms with Crippen molar-refractivity contribution in [2.24, 2.45) is 5.92 Å². The number of aromatic nitrogens is 2. The number of rotatable bonds is 4. The lowest BCUT2D eigenvalue weighted by atomic mass is 9.90. The van der Waals surface area contributed by atoms with E-state index in [9.17, 15) is 0 Å². The third-order valence-corrected chi connectivity index (χ3v) is 3.51. The molecule has 0 aromatic carbocycles. The van der Waals surface area contributed by atoms with Crippen molar-refractivity contribution in [1.82, 2.24) is 10.2 Å². The molecule has 0 radical (unpaired) electrons. The summed E-state index contributed by atoms with van der Waals surface area (Å²) < 4.78 is 5.62. The Morgan fingerprint density at radius 3 is 2.73 bits per heavy atom. The van der Waals surface area contributed by atoms with Crippen LogP contribution in [0, 0.1) is 5.92 Å². The first-order valence-corrected chi connectivity index (χ1v) is 6.32. The van der Waals surface area contributed by atoms with E-state index in [1.807, 2.05) is 0 Å². The van der Waals surface area contributed by atoms with Gasteiger partial charge in [-0.2, -0.15) is 0 Å². The molecule has 2 rings (SSSR count). The zero-order valence-electron chi connectivity index (χ0n) is 8.82. The van der Waals surface area contributed by atoms with Crippen LogP contribution in [0.3, 0.4) is 0 Å². The first kappa shape index (κ1) is 10.8. The van der Waals surface area contributed by atoms with Crippen molar-refractivity contribution < 1.29 is 4.74 Å². The molecule has 0 unspecified atom stereocenters. The lowest BCUT2D eigenvalue weighted by Gasteiger charge is -2.20. The number of nitrogens with two attached hydrogens (primary N) is 1. The third-order valence-electron chi connectivity index (χ3n) is 2.79. The second-order valence-electron chi connectivity index (χ2n) is 4.05. The molecule has 0 amide bonds. The summed E-state index contributed by atoms with van der Waals surface area (Å²) in [6.45, 7) is 1.42. The maximum Gasteiger partial charge on any atom is 0.203 e. The quantitative estimate of drug-likeness (QED) is 0.856. The molecule has 1 heterocycles. The second-order valence-corrected chi connectivity index (χ2v) is 5.15. The molecule has 5 heteroatoms. The zero-order chi connectivity index (χ0) is 10.5. The van der Waals surface area contributed by atoms with Gasteiger partial charge in [-0.1, -0.05) is 30.6 Å². The molecule has 0 atom stereocenters. The molecule has 0 spiro atoms. The Kier molecular flexibility index (Phi) is 3.91. The molecule has 2 N–H and O–H groups in total. The van der Waals surface area contributed by atoms with Crippen LogP contribution in [0.5, 0.6) is 0 Å². The molecule has 1 aliphatic rings. The minimum atomic E-state index is 0.520. The molecule has 1 fully saturated rings. The van der Waals surface area contributed by atoms with Gasteiger partial charge in [0.15, 0.2) is 0 Å². The Balaban J connectivity index is 1.65. The van der Waals surface area contributed by atoms with Crippen LogP contribution in [0.15, 0.2) is 0 Å². The van der Waals surface area contributed by atoms with Gasteiger partial charge < -0.3 is 10.5 Å². The van der Waals surface area contributed by atoms with Gasteiger partial charge in [-0.05, 0) is 18.8 Å².